The summed E-state index contributed by atoms with van der Waals surface area (Å²) in [4.78, 5) is 18.6. The number of amides is 1. The zero-order valence-electron chi connectivity index (χ0n) is 18.4. The molecule has 3 rings (SSSR count). The van der Waals surface area contributed by atoms with Gasteiger partial charge < -0.3 is 15.5 Å². The van der Waals surface area contributed by atoms with Crippen molar-refractivity contribution in [3.05, 3.63) is 35.4 Å². The van der Waals surface area contributed by atoms with E-state index in [-0.39, 0.29) is 5.91 Å². The summed E-state index contributed by atoms with van der Waals surface area (Å²) < 4.78 is 0. The van der Waals surface area contributed by atoms with Crippen LogP contribution in [0.4, 0.5) is 0 Å². The summed E-state index contributed by atoms with van der Waals surface area (Å²) in [5, 5.41) is 7.04. The normalized spacial score (nSPS) is 23.0. The van der Waals surface area contributed by atoms with Crippen LogP contribution in [0.25, 0.3) is 0 Å². The van der Waals surface area contributed by atoms with Gasteiger partial charge in [-0.25, -0.2) is 4.99 Å². The Morgan fingerprint density at radius 2 is 1.83 bits per heavy atom. The van der Waals surface area contributed by atoms with Crippen molar-refractivity contribution in [2.45, 2.75) is 78.4 Å². The van der Waals surface area contributed by atoms with Gasteiger partial charge in [0.15, 0.2) is 5.96 Å². The number of benzene rings is 1. The molecule has 2 aliphatic rings. The van der Waals surface area contributed by atoms with E-state index in [1.54, 1.807) is 0 Å². The molecule has 1 aliphatic carbocycles. The molecular formula is C24H38N4O. The van der Waals surface area contributed by atoms with Crippen molar-refractivity contribution in [2.75, 3.05) is 13.1 Å². The van der Waals surface area contributed by atoms with E-state index >= 15 is 0 Å². The molecule has 1 saturated carbocycles. The highest BCUT2D eigenvalue weighted by molar-refractivity contribution is 5.80. The second-order valence-corrected chi connectivity index (χ2v) is 8.93. The Morgan fingerprint density at radius 1 is 1.14 bits per heavy atom. The molecule has 1 amide bonds. The molecular weight excluding hydrogens is 360 g/mol. The fourth-order valence-corrected chi connectivity index (χ4v) is 4.46. The van der Waals surface area contributed by atoms with Gasteiger partial charge in [0.25, 0.3) is 0 Å². The van der Waals surface area contributed by atoms with E-state index in [1.165, 1.54) is 36.8 Å². The van der Waals surface area contributed by atoms with E-state index < -0.39 is 0 Å². The average Bonchev–Trinajstić information content (AvgIpc) is 3.12. The van der Waals surface area contributed by atoms with Crippen LogP contribution >= 0.6 is 0 Å². The number of hydrogen-bond donors (Lipinski definition) is 2. The van der Waals surface area contributed by atoms with E-state index in [9.17, 15) is 4.79 Å². The smallest absolute Gasteiger partial charge is 0.222 e. The van der Waals surface area contributed by atoms with Crippen LogP contribution in [0.1, 0.15) is 70.4 Å². The second-order valence-electron chi connectivity index (χ2n) is 8.93. The molecule has 0 unspecified atom stereocenters. The van der Waals surface area contributed by atoms with Gasteiger partial charge in [-0.15, -0.1) is 0 Å². The van der Waals surface area contributed by atoms with Gasteiger partial charge >= 0.3 is 0 Å². The number of rotatable bonds is 7. The standard InChI is InChI=1S/C24H38N4O/c1-4-25-24(27-22-13-11-21(12-14-22)18(2)3)26-16-19-7-9-20(10-8-19)17-28-15-5-6-23(28)29/h7-10,18,21-22H,4-6,11-17H2,1-3H3,(H2,25,26,27). The molecule has 5 nitrogen and oxygen atoms in total. The lowest BCUT2D eigenvalue weighted by molar-refractivity contribution is -0.128. The zero-order valence-corrected chi connectivity index (χ0v) is 18.4. The van der Waals surface area contributed by atoms with Crippen molar-refractivity contribution < 1.29 is 4.79 Å². The first-order chi connectivity index (χ1) is 14.0. The third kappa shape index (κ3) is 6.48. The average molecular weight is 399 g/mol. The predicted octanol–water partition coefficient (Wildman–Crippen LogP) is 4.08. The van der Waals surface area contributed by atoms with Crippen LogP contribution in [0.3, 0.4) is 0 Å². The minimum Gasteiger partial charge on any atom is -0.357 e. The summed E-state index contributed by atoms with van der Waals surface area (Å²) in [5.41, 5.74) is 2.39. The van der Waals surface area contributed by atoms with Crippen molar-refractivity contribution in [3.8, 4) is 0 Å². The van der Waals surface area contributed by atoms with Crippen LogP contribution in [0.2, 0.25) is 0 Å². The van der Waals surface area contributed by atoms with Crippen LogP contribution in [-0.2, 0) is 17.9 Å². The van der Waals surface area contributed by atoms with E-state index in [4.69, 9.17) is 4.99 Å². The molecule has 2 N–H and O–H groups in total. The van der Waals surface area contributed by atoms with Gasteiger partial charge in [0.05, 0.1) is 6.54 Å². The number of likely N-dealkylation sites (tertiary alicyclic amines) is 1. The number of nitrogens with zero attached hydrogens (tertiary/aromatic N) is 2. The van der Waals surface area contributed by atoms with Gasteiger partial charge in [-0.3, -0.25) is 4.79 Å². The lowest BCUT2D eigenvalue weighted by Crippen LogP contribution is -2.45. The number of carbonyl (C=O) groups excluding carboxylic acids is 1. The van der Waals surface area contributed by atoms with Gasteiger partial charge in [-0.1, -0.05) is 38.1 Å². The third-order valence-electron chi connectivity index (χ3n) is 6.39. The van der Waals surface area contributed by atoms with Crippen molar-refractivity contribution in [1.29, 1.82) is 0 Å². The molecule has 160 valence electrons. The van der Waals surface area contributed by atoms with Gasteiger partial charge in [-0.2, -0.15) is 0 Å². The maximum atomic E-state index is 11.8. The Morgan fingerprint density at radius 3 is 2.41 bits per heavy atom. The largest absolute Gasteiger partial charge is 0.357 e. The third-order valence-corrected chi connectivity index (χ3v) is 6.39. The predicted molar refractivity (Wildman–Crippen MR) is 120 cm³/mol. The Kier molecular flexibility index (Phi) is 7.96. The zero-order chi connectivity index (χ0) is 20.6. The summed E-state index contributed by atoms with van der Waals surface area (Å²) >= 11 is 0. The van der Waals surface area contributed by atoms with Crippen LogP contribution in [-0.4, -0.2) is 35.9 Å². The number of aliphatic imine (C=N–C) groups is 1. The van der Waals surface area contributed by atoms with Crippen molar-refractivity contribution in [3.63, 3.8) is 0 Å². The first-order valence-corrected chi connectivity index (χ1v) is 11.5. The Hall–Kier alpha value is -2.04. The highest BCUT2D eigenvalue weighted by Crippen LogP contribution is 2.29. The second kappa shape index (κ2) is 10.7. The molecule has 1 saturated heterocycles. The van der Waals surface area contributed by atoms with Crippen LogP contribution in [0.15, 0.2) is 29.3 Å². The Balaban J connectivity index is 1.51. The first-order valence-electron chi connectivity index (χ1n) is 11.5. The molecule has 1 aliphatic heterocycles. The SMILES string of the molecule is CCNC(=NCc1ccc(CN2CCCC2=O)cc1)NC1CCC(C(C)C)CC1. The Labute approximate surface area is 176 Å². The number of carbonyl (C=O) groups is 1. The van der Waals surface area contributed by atoms with E-state index in [2.05, 4.69) is 55.7 Å². The molecule has 1 heterocycles. The maximum absolute atomic E-state index is 11.8. The topological polar surface area (TPSA) is 56.7 Å². The molecule has 2 fully saturated rings. The molecule has 1 aromatic carbocycles. The summed E-state index contributed by atoms with van der Waals surface area (Å²) in [5.74, 6) is 2.88. The van der Waals surface area contributed by atoms with Crippen LogP contribution in [0.5, 0.6) is 0 Å². The molecule has 1 aromatic rings. The fraction of sp³-hybridized carbons (Fsp3) is 0.667. The minimum atomic E-state index is 0.280. The lowest BCUT2D eigenvalue weighted by atomic mass is 9.80. The van der Waals surface area contributed by atoms with Gasteiger partial charge in [0, 0.05) is 32.1 Å². The van der Waals surface area contributed by atoms with Gasteiger partial charge in [-0.05, 0) is 62.0 Å². The Bertz CT molecular complexity index is 675. The van der Waals surface area contributed by atoms with Gasteiger partial charge in [0.1, 0.15) is 0 Å². The highest BCUT2D eigenvalue weighted by atomic mass is 16.2. The van der Waals surface area contributed by atoms with Crippen molar-refractivity contribution >= 4 is 11.9 Å². The minimum absolute atomic E-state index is 0.280. The maximum Gasteiger partial charge on any atom is 0.222 e. The summed E-state index contributed by atoms with van der Waals surface area (Å²) in [6.07, 6.45) is 6.79. The van der Waals surface area contributed by atoms with Crippen LogP contribution in [0, 0.1) is 11.8 Å². The molecule has 0 radical (unpaired) electrons. The number of guanidine groups is 1. The lowest BCUT2D eigenvalue weighted by Gasteiger charge is -2.32. The van der Waals surface area contributed by atoms with E-state index in [0.717, 1.165) is 43.9 Å². The summed E-state index contributed by atoms with van der Waals surface area (Å²) in [6, 6.07) is 9.06. The van der Waals surface area contributed by atoms with E-state index in [0.29, 0.717) is 19.0 Å². The van der Waals surface area contributed by atoms with Gasteiger partial charge in [0.2, 0.25) is 5.91 Å². The first kappa shape index (κ1) is 21.7. The molecule has 0 aromatic heterocycles. The molecule has 0 atom stereocenters. The summed E-state index contributed by atoms with van der Waals surface area (Å²) in [6.45, 7) is 9.96. The quantitative estimate of drug-likeness (QED) is 0.537. The molecule has 0 spiro atoms. The van der Waals surface area contributed by atoms with E-state index in [1.807, 2.05) is 4.90 Å². The number of hydrogen-bond acceptors (Lipinski definition) is 2. The summed E-state index contributed by atoms with van der Waals surface area (Å²) in [7, 11) is 0. The monoisotopic (exact) mass is 398 g/mol. The molecule has 0 bridgehead atoms. The molecule has 29 heavy (non-hydrogen) atoms. The van der Waals surface area contributed by atoms with Crippen molar-refractivity contribution in [2.24, 2.45) is 16.8 Å². The number of nitrogens with one attached hydrogen (secondary N) is 2. The highest BCUT2D eigenvalue weighted by Gasteiger charge is 2.23. The fourth-order valence-electron chi connectivity index (χ4n) is 4.46. The van der Waals surface area contributed by atoms with Crippen molar-refractivity contribution in [1.82, 2.24) is 15.5 Å². The molecule has 5 heteroatoms. The van der Waals surface area contributed by atoms with Crippen LogP contribution < -0.4 is 10.6 Å².